The van der Waals surface area contributed by atoms with Crippen molar-refractivity contribution in [1.82, 2.24) is 15.5 Å². The summed E-state index contributed by atoms with van der Waals surface area (Å²) < 4.78 is 23.5. The van der Waals surface area contributed by atoms with Gasteiger partial charge in [0.25, 0.3) is 5.91 Å². The second-order valence-electron chi connectivity index (χ2n) is 6.31. The topological polar surface area (TPSA) is 91.9 Å². The van der Waals surface area contributed by atoms with E-state index in [2.05, 4.69) is 15.5 Å². The average molecular weight is 347 g/mol. The normalized spacial score (nSPS) is 21.4. The number of rotatable bonds is 4. The van der Waals surface area contributed by atoms with E-state index < -0.39 is 9.84 Å². The fraction of sp³-hybridized carbons (Fsp3) is 0.412. The van der Waals surface area contributed by atoms with E-state index in [0.29, 0.717) is 24.1 Å². The Hall–Kier alpha value is -2.15. The Labute approximate surface area is 141 Å². The van der Waals surface area contributed by atoms with Crippen molar-refractivity contribution in [1.29, 1.82) is 0 Å². The third kappa shape index (κ3) is 3.67. The van der Waals surface area contributed by atoms with Crippen LogP contribution in [0.25, 0.3) is 11.3 Å². The van der Waals surface area contributed by atoms with E-state index in [0.717, 1.165) is 18.4 Å². The first-order valence-corrected chi connectivity index (χ1v) is 9.99. The minimum atomic E-state index is -3.07. The van der Waals surface area contributed by atoms with Crippen molar-refractivity contribution in [3.63, 3.8) is 0 Å². The van der Waals surface area contributed by atoms with Gasteiger partial charge in [-0.05, 0) is 19.3 Å². The lowest BCUT2D eigenvalue weighted by atomic mass is 9.94. The maximum Gasteiger partial charge on any atom is 0.255 e. The van der Waals surface area contributed by atoms with E-state index in [-0.39, 0.29) is 17.2 Å². The number of aromatic amines is 1. The SMILES string of the molecule is CS(=O)(=O)[C@H]1CCC[C@H](NC(=O)c2cn[nH]c2-c2ccccc2)C1. The molecule has 1 aliphatic carbocycles. The monoisotopic (exact) mass is 347 g/mol. The van der Waals surface area contributed by atoms with Crippen LogP contribution in [0.2, 0.25) is 0 Å². The second-order valence-corrected chi connectivity index (χ2v) is 8.64. The number of H-pyrrole nitrogens is 1. The molecule has 6 nitrogen and oxygen atoms in total. The molecule has 1 aliphatic rings. The lowest BCUT2D eigenvalue weighted by molar-refractivity contribution is 0.0928. The van der Waals surface area contributed by atoms with Crippen LogP contribution in [0.5, 0.6) is 0 Å². The summed E-state index contributed by atoms with van der Waals surface area (Å²) in [5.41, 5.74) is 2.03. The molecule has 2 aromatic rings. The average Bonchev–Trinajstić information content (AvgIpc) is 3.05. The predicted molar refractivity (Wildman–Crippen MR) is 92.4 cm³/mol. The maximum atomic E-state index is 12.6. The smallest absolute Gasteiger partial charge is 0.255 e. The lowest BCUT2D eigenvalue weighted by Gasteiger charge is -2.28. The molecule has 0 unspecified atom stereocenters. The molecular formula is C17H21N3O3S. The third-order valence-corrected chi connectivity index (χ3v) is 6.15. The van der Waals surface area contributed by atoms with Crippen molar-refractivity contribution < 1.29 is 13.2 Å². The van der Waals surface area contributed by atoms with Gasteiger partial charge in [-0.25, -0.2) is 8.42 Å². The Kier molecular flexibility index (Phi) is 4.71. The van der Waals surface area contributed by atoms with Crippen LogP contribution in [0.15, 0.2) is 36.5 Å². The minimum absolute atomic E-state index is 0.121. The highest BCUT2D eigenvalue weighted by atomic mass is 32.2. The second kappa shape index (κ2) is 6.76. The summed E-state index contributed by atoms with van der Waals surface area (Å²) in [4.78, 5) is 12.6. The molecule has 2 N–H and O–H groups in total. The number of nitrogens with zero attached hydrogens (tertiary/aromatic N) is 1. The molecule has 0 saturated heterocycles. The van der Waals surface area contributed by atoms with Gasteiger partial charge in [0.1, 0.15) is 9.84 Å². The van der Waals surface area contributed by atoms with Crippen LogP contribution in [0, 0.1) is 0 Å². The molecule has 128 valence electrons. The highest BCUT2D eigenvalue weighted by Crippen LogP contribution is 2.25. The number of benzene rings is 1. The fourth-order valence-electron chi connectivity index (χ4n) is 3.21. The maximum absolute atomic E-state index is 12.6. The Morgan fingerprint density at radius 2 is 2.00 bits per heavy atom. The zero-order valence-electron chi connectivity index (χ0n) is 13.5. The van der Waals surface area contributed by atoms with Crippen LogP contribution >= 0.6 is 0 Å². The zero-order valence-corrected chi connectivity index (χ0v) is 14.3. The molecule has 1 heterocycles. The highest BCUT2D eigenvalue weighted by molar-refractivity contribution is 7.91. The van der Waals surface area contributed by atoms with Crippen molar-refractivity contribution in [3.8, 4) is 11.3 Å². The van der Waals surface area contributed by atoms with Gasteiger partial charge < -0.3 is 5.32 Å². The molecule has 1 aromatic carbocycles. The summed E-state index contributed by atoms with van der Waals surface area (Å²) in [6.07, 6.45) is 5.53. The standard InChI is InChI=1S/C17H21N3O3S/c1-24(22,23)14-9-5-8-13(10-14)19-17(21)15-11-18-20-16(15)12-6-3-2-4-7-12/h2-4,6-7,11,13-14H,5,8-10H2,1H3,(H,18,20)(H,19,21)/t13-,14-/m0/s1. The van der Waals surface area contributed by atoms with Gasteiger partial charge in [0, 0.05) is 17.9 Å². The number of amides is 1. The number of carbonyl (C=O) groups excluding carboxylic acids is 1. The van der Waals surface area contributed by atoms with Gasteiger partial charge in [-0.15, -0.1) is 0 Å². The van der Waals surface area contributed by atoms with Crippen molar-refractivity contribution in [2.45, 2.75) is 37.0 Å². The molecule has 0 bridgehead atoms. The molecule has 0 radical (unpaired) electrons. The van der Waals surface area contributed by atoms with Gasteiger partial charge in [-0.1, -0.05) is 36.8 Å². The van der Waals surface area contributed by atoms with E-state index in [1.54, 1.807) is 0 Å². The fourth-order valence-corrected chi connectivity index (χ4v) is 4.39. The van der Waals surface area contributed by atoms with Gasteiger partial charge >= 0.3 is 0 Å². The zero-order chi connectivity index (χ0) is 17.2. The summed E-state index contributed by atoms with van der Waals surface area (Å²) in [7, 11) is -3.07. The number of carbonyl (C=O) groups is 1. The minimum Gasteiger partial charge on any atom is -0.349 e. The number of hydrogen-bond acceptors (Lipinski definition) is 4. The molecule has 1 amide bonds. The summed E-state index contributed by atoms with van der Waals surface area (Å²) in [6.45, 7) is 0. The Bertz CT molecular complexity index is 815. The number of nitrogens with one attached hydrogen (secondary N) is 2. The first kappa shape index (κ1) is 16.7. The first-order chi connectivity index (χ1) is 11.4. The molecule has 1 aromatic heterocycles. The van der Waals surface area contributed by atoms with Gasteiger partial charge in [-0.2, -0.15) is 5.10 Å². The molecule has 7 heteroatoms. The molecule has 1 fully saturated rings. The van der Waals surface area contributed by atoms with Crippen molar-refractivity contribution in [3.05, 3.63) is 42.1 Å². The molecule has 0 spiro atoms. The van der Waals surface area contributed by atoms with E-state index in [4.69, 9.17) is 0 Å². The molecule has 1 saturated carbocycles. The Balaban J connectivity index is 1.73. The summed E-state index contributed by atoms with van der Waals surface area (Å²) in [6, 6.07) is 9.40. The quantitative estimate of drug-likeness (QED) is 0.886. The van der Waals surface area contributed by atoms with Gasteiger partial charge in [0.2, 0.25) is 0 Å². The van der Waals surface area contributed by atoms with Crippen LogP contribution in [0.1, 0.15) is 36.0 Å². The van der Waals surface area contributed by atoms with Gasteiger partial charge in [0.15, 0.2) is 0 Å². The van der Waals surface area contributed by atoms with Crippen molar-refractivity contribution in [2.75, 3.05) is 6.26 Å². The van der Waals surface area contributed by atoms with E-state index in [1.807, 2.05) is 30.3 Å². The third-order valence-electron chi connectivity index (χ3n) is 4.51. The Morgan fingerprint density at radius 3 is 2.71 bits per heavy atom. The predicted octanol–water partition coefficient (Wildman–Crippen LogP) is 2.16. The van der Waals surface area contributed by atoms with Crippen LogP contribution in [-0.2, 0) is 9.84 Å². The van der Waals surface area contributed by atoms with Crippen LogP contribution in [-0.4, -0.2) is 42.1 Å². The van der Waals surface area contributed by atoms with Crippen molar-refractivity contribution >= 4 is 15.7 Å². The van der Waals surface area contributed by atoms with Crippen LogP contribution < -0.4 is 5.32 Å². The number of sulfone groups is 1. The van der Waals surface area contributed by atoms with Crippen molar-refractivity contribution in [2.24, 2.45) is 0 Å². The summed E-state index contributed by atoms with van der Waals surface area (Å²) >= 11 is 0. The molecule has 0 aliphatic heterocycles. The highest BCUT2D eigenvalue weighted by Gasteiger charge is 2.30. The Morgan fingerprint density at radius 1 is 1.25 bits per heavy atom. The first-order valence-electron chi connectivity index (χ1n) is 8.03. The van der Waals surface area contributed by atoms with Crippen LogP contribution in [0.3, 0.4) is 0 Å². The molecular weight excluding hydrogens is 326 g/mol. The van der Waals surface area contributed by atoms with Crippen LogP contribution in [0.4, 0.5) is 0 Å². The van der Waals surface area contributed by atoms with Gasteiger partial charge in [-0.3, -0.25) is 9.89 Å². The number of hydrogen-bond donors (Lipinski definition) is 2. The molecule has 24 heavy (non-hydrogen) atoms. The largest absolute Gasteiger partial charge is 0.349 e. The molecule has 3 rings (SSSR count). The van der Waals surface area contributed by atoms with E-state index in [9.17, 15) is 13.2 Å². The van der Waals surface area contributed by atoms with E-state index in [1.165, 1.54) is 12.5 Å². The molecule has 2 atom stereocenters. The summed E-state index contributed by atoms with van der Waals surface area (Å²) in [5, 5.41) is 9.46. The van der Waals surface area contributed by atoms with E-state index >= 15 is 0 Å². The number of aromatic nitrogens is 2. The lowest BCUT2D eigenvalue weighted by Crippen LogP contribution is -2.41. The summed E-state index contributed by atoms with van der Waals surface area (Å²) in [5.74, 6) is -0.221. The van der Waals surface area contributed by atoms with Gasteiger partial charge in [0.05, 0.1) is 22.7 Å².